The molecule has 98 valence electrons. The van der Waals surface area contributed by atoms with Gasteiger partial charge in [-0.3, -0.25) is 4.79 Å². The van der Waals surface area contributed by atoms with Gasteiger partial charge >= 0.3 is 0 Å². The first-order valence-corrected chi connectivity index (χ1v) is 6.61. The molecule has 1 aliphatic heterocycles. The predicted molar refractivity (Wildman–Crippen MR) is 73.7 cm³/mol. The fourth-order valence-electron chi connectivity index (χ4n) is 1.99. The Morgan fingerprint density at radius 3 is 2.56 bits per heavy atom. The van der Waals surface area contributed by atoms with Crippen molar-refractivity contribution in [3.63, 3.8) is 0 Å². The van der Waals surface area contributed by atoms with Crippen molar-refractivity contribution in [2.45, 2.75) is 6.92 Å². The Bertz CT molecular complexity index is 445. The molecule has 0 bridgehead atoms. The Morgan fingerprint density at radius 1 is 1.33 bits per heavy atom. The summed E-state index contributed by atoms with van der Waals surface area (Å²) in [5, 5.41) is 3.01. The van der Waals surface area contributed by atoms with E-state index in [0.717, 1.165) is 42.3 Å². The molecule has 1 aromatic rings. The van der Waals surface area contributed by atoms with Crippen LogP contribution in [0.3, 0.4) is 0 Å². The summed E-state index contributed by atoms with van der Waals surface area (Å²) in [4.78, 5) is 23.7. The van der Waals surface area contributed by atoms with Gasteiger partial charge in [0.1, 0.15) is 22.4 Å². The number of halogens is 1. The number of aromatic nitrogens is 2. The largest absolute Gasteiger partial charge is 0.372 e. The summed E-state index contributed by atoms with van der Waals surface area (Å²) in [7, 11) is 1.82. The topological polar surface area (TPSA) is 61.4 Å². The second-order valence-corrected chi connectivity index (χ2v) is 4.90. The second-order valence-electron chi connectivity index (χ2n) is 4.10. The van der Waals surface area contributed by atoms with Crippen molar-refractivity contribution in [1.82, 2.24) is 14.9 Å². The Labute approximate surface area is 115 Å². The van der Waals surface area contributed by atoms with Gasteiger partial charge in [0.25, 0.3) is 0 Å². The van der Waals surface area contributed by atoms with Crippen LogP contribution in [0.2, 0.25) is 0 Å². The first-order chi connectivity index (χ1) is 8.63. The van der Waals surface area contributed by atoms with Crippen LogP contribution in [-0.2, 0) is 4.79 Å². The number of nitrogens with one attached hydrogen (secondary N) is 1. The van der Waals surface area contributed by atoms with Crippen LogP contribution in [0.4, 0.5) is 11.6 Å². The minimum Gasteiger partial charge on any atom is -0.372 e. The molecule has 1 saturated heterocycles. The third-order valence-corrected chi connectivity index (χ3v) is 3.76. The lowest BCUT2D eigenvalue weighted by molar-refractivity contribution is -0.129. The van der Waals surface area contributed by atoms with Crippen molar-refractivity contribution in [2.75, 3.05) is 43.4 Å². The monoisotopic (exact) mass is 313 g/mol. The Balaban J connectivity index is 2.12. The maximum absolute atomic E-state index is 11.3. The summed E-state index contributed by atoms with van der Waals surface area (Å²) in [5.41, 5.74) is 0. The van der Waals surface area contributed by atoms with Crippen LogP contribution in [0.25, 0.3) is 0 Å². The fraction of sp³-hybridized carbons (Fsp3) is 0.545. The zero-order valence-corrected chi connectivity index (χ0v) is 12.1. The molecule has 2 heterocycles. The summed E-state index contributed by atoms with van der Waals surface area (Å²) in [6.07, 6.45) is 1.54. The lowest BCUT2D eigenvalue weighted by Gasteiger charge is -2.35. The third kappa shape index (κ3) is 2.55. The molecule has 1 N–H and O–H groups in total. The van der Waals surface area contributed by atoms with E-state index >= 15 is 0 Å². The highest BCUT2D eigenvalue weighted by Gasteiger charge is 2.22. The molecule has 18 heavy (non-hydrogen) atoms. The molecule has 0 radical (unpaired) electrons. The number of hydrogen-bond donors (Lipinski definition) is 1. The quantitative estimate of drug-likeness (QED) is 0.881. The molecule has 6 nitrogen and oxygen atoms in total. The number of carbonyl (C=O) groups excluding carboxylic acids is 1. The highest BCUT2D eigenvalue weighted by Crippen LogP contribution is 2.29. The highest BCUT2D eigenvalue weighted by atomic mass is 79.9. The molecule has 0 spiro atoms. The van der Waals surface area contributed by atoms with Crippen molar-refractivity contribution in [1.29, 1.82) is 0 Å². The van der Waals surface area contributed by atoms with Crippen LogP contribution in [0, 0.1) is 0 Å². The van der Waals surface area contributed by atoms with Gasteiger partial charge in [0.2, 0.25) is 5.91 Å². The number of nitrogens with zero attached hydrogens (tertiary/aromatic N) is 4. The molecular formula is C11H16BrN5O. The summed E-state index contributed by atoms with van der Waals surface area (Å²) >= 11 is 3.51. The molecule has 7 heteroatoms. The molecule has 1 fully saturated rings. The zero-order valence-electron chi connectivity index (χ0n) is 10.5. The van der Waals surface area contributed by atoms with Crippen LogP contribution < -0.4 is 10.2 Å². The van der Waals surface area contributed by atoms with E-state index < -0.39 is 0 Å². The normalized spacial score (nSPS) is 15.7. The summed E-state index contributed by atoms with van der Waals surface area (Å²) in [6.45, 7) is 4.66. The molecule has 0 saturated carbocycles. The van der Waals surface area contributed by atoms with Gasteiger partial charge in [-0.25, -0.2) is 9.97 Å². The lowest BCUT2D eigenvalue weighted by Crippen LogP contribution is -2.48. The van der Waals surface area contributed by atoms with Crippen molar-refractivity contribution in [2.24, 2.45) is 0 Å². The summed E-state index contributed by atoms with van der Waals surface area (Å²) in [6, 6.07) is 0. The maximum atomic E-state index is 11.3. The second kappa shape index (κ2) is 5.51. The van der Waals surface area contributed by atoms with E-state index in [0.29, 0.717) is 0 Å². The van der Waals surface area contributed by atoms with Crippen molar-refractivity contribution < 1.29 is 4.79 Å². The number of hydrogen-bond acceptors (Lipinski definition) is 5. The summed E-state index contributed by atoms with van der Waals surface area (Å²) in [5.74, 6) is 1.78. The number of carbonyl (C=O) groups is 1. The van der Waals surface area contributed by atoms with Crippen molar-refractivity contribution >= 4 is 33.5 Å². The Kier molecular flexibility index (Phi) is 4.00. The lowest BCUT2D eigenvalue weighted by atomic mass is 10.3. The van der Waals surface area contributed by atoms with Crippen LogP contribution in [0.15, 0.2) is 10.8 Å². The highest BCUT2D eigenvalue weighted by molar-refractivity contribution is 9.10. The Hall–Kier alpha value is -1.37. The number of piperazine rings is 1. The average Bonchev–Trinajstić information content (AvgIpc) is 2.39. The van der Waals surface area contributed by atoms with E-state index in [-0.39, 0.29) is 5.91 Å². The van der Waals surface area contributed by atoms with Gasteiger partial charge in [0.15, 0.2) is 0 Å². The number of anilines is 2. The van der Waals surface area contributed by atoms with E-state index in [1.165, 1.54) is 0 Å². The first kappa shape index (κ1) is 13.1. The first-order valence-electron chi connectivity index (χ1n) is 5.82. The van der Waals surface area contributed by atoms with Crippen molar-refractivity contribution in [3.8, 4) is 0 Å². The average molecular weight is 314 g/mol. The summed E-state index contributed by atoms with van der Waals surface area (Å²) < 4.78 is 0.865. The van der Waals surface area contributed by atoms with E-state index in [9.17, 15) is 4.79 Å². The van der Waals surface area contributed by atoms with Crippen LogP contribution >= 0.6 is 15.9 Å². The van der Waals surface area contributed by atoms with Crippen LogP contribution in [0.5, 0.6) is 0 Å². The van der Waals surface area contributed by atoms with E-state index in [4.69, 9.17) is 0 Å². The van der Waals surface area contributed by atoms with E-state index in [1.54, 1.807) is 13.3 Å². The van der Waals surface area contributed by atoms with Crippen molar-refractivity contribution in [3.05, 3.63) is 10.8 Å². The minimum absolute atomic E-state index is 0.132. The molecular weight excluding hydrogens is 298 g/mol. The van der Waals surface area contributed by atoms with Gasteiger partial charge in [0.05, 0.1) is 0 Å². The number of amides is 1. The maximum Gasteiger partial charge on any atom is 0.219 e. The number of rotatable bonds is 2. The van der Waals surface area contributed by atoms with Crippen LogP contribution in [-0.4, -0.2) is 54.0 Å². The van der Waals surface area contributed by atoms with Gasteiger partial charge in [-0.15, -0.1) is 0 Å². The van der Waals surface area contributed by atoms with Gasteiger partial charge in [-0.05, 0) is 15.9 Å². The standard InChI is InChI=1S/C11H16BrN5O/c1-8(18)16-3-5-17(6-4-16)11-9(12)10(13-2)14-7-15-11/h7H,3-6H2,1-2H3,(H,13,14,15). The molecule has 1 aliphatic rings. The van der Waals surface area contributed by atoms with Gasteiger partial charge < -0.3 is 15.1 Å². The zero-order chi connectivity index (χ0) is 13.1. The molecule has 0 aromatic carbocycles. The van der Waals surface area contributed by atoms with E-state index in [2.05, 4.69) is 36.1 Å². The third-order valence-electron chi connectivity index (χ3n) is 3.03. The molecule has 1 aromatic heterocycles. The van der Waals surface area contributed by atoms with Gasteiger partial charge in [-0.2, -0.15) is 0 Å². The molecule has 2 rings (SSSR count). The minimum atomic E-state index is 0.132. The molecule has 0 atom stereocenters. The fourth-order valence-corrected chi connectivity index (χ4v) is 2.64. The van der Waals surface area contributed by atoms with Crippen LogP contribution in [0.1, 0.15) is 6.92 Å². The van der Waals surface area contributed by atoms with E-state index in [1.807, 2.05) is 11.9 Å². The van der Waals surface area contributed by atoms with Gasteiger partial charge in [-0.1, -0.05) is 0 Å². The molecule has 0 unspecified atom stereocenters. The molecule has 0 aliphatic carbocycles. The Morgan fingerprint density at radius 2 is 2.00 bits per heavy atom. The predicted octanol–water partition coefficient (Wildman–Crippen LogP) is 0.949. The smallest absolute Gasteiger partial charge is 0.219 e. The SMILES string of the molecule is CNc1ncnc(N2CCN(C(C)=O)CC2)c1Br. The molecule has 1 amide bonds. The van der Waals surface area contributed by atoms with Gasteiger partial charge in [0, 0.05) is 40.2 Å².